The predicted octanol–water partition coefficient (Wildman–Crippen LogP) is 0.0857. The van der Waals surface area contributed by atoms with Crippen LogP contribution < -0.4 is 5.32 Å². The minimum atomic E-state index is 0. The number of fused-ring (bicyclic) bond motifs is 2. The van der Waals surface area contributed by atoms with Gasteiger partial charge in [-0.05, 0) is 13.0 Å². The maximum Gasteiger partial charge on any atom is 0.0207 e. The molecule has 0 radical (unpaired) electrons. The molecule has 0 aromatic rings. The highest BCUT2D eigenvalue weighted by atomic mass is 35.5. The molecule has 1 N–H and O–H groups in total. The Bertz CT molecular complexity index is 83.1. The molecule has 0 aliphatic carbocycles. The molecule has 2 fully saturated rings. The average Bonchev–Trinajstić information content (AvgIpc) is 2.12. The zero-order chi connectivity index (χ0) is 5.40. The van der Waals surface area contributed by atoms with Gasteiger partial charge in [-0.1, -0.05) is 0 Å². The van der Waals surface area contributed by atoms with E-state index in [0.717, 1.165) is 6.04 Å². The van der Waals surface area contributed by atoms with Crippen molar-refractivity contribution in [1.29, 1.82) is 0 Å². The van der Waals surface area contributed by atoms with Crippen molar-refractivity contribution in [2.24, 2.45) is 0 Å². The standard InChI is InChI=1S/C6H12N2.ClH/c1-3-8-4-2-7-6(1)5-8;/h6-7H,1-5H2;1H. The van der Waals surface area contributed by atoms with Gasteiger partial charge in [0.15, 0.2) is 0 Å². The van der Waals surface area contributed by atoms with E-state index in [0.29, 0.717) is 0 Å². The molecule has 0 spiro atoms. The van der Waals surface area contributed by atoms with Gasteiger partial charge in [-0.15, -0.1) is 12.4 Å². The highest BCUT2D eigenvalue weighted by molar-refractivity contribution is 5.85. The van der Waals surface area contributed by atoms with Gasteiger partial charge < -0.3 is 10.2 Å². The topological polar surface area (TPSA) is 15.3 Å². The summed E-state index contributed by atoms with van der Waals surface area (Å²) < 4.78 is 0. The van der Waals surface area contributed by atoms with E-state index in [1.54, 1.807) is 0 Å². The number of nitrogens with one attached hydrogen (secondary N) is 1. The third kappa shape index (κ3) is 1.37. The molecule has 3 heteroatoms. The zero-order valence-corrected chi connectivity index (χ0v) is 6.28. The summed E-state index contributed by atoms with van der Waals surface area (Å²) in [6, 6.07) is 0.837. The summed E-state index contributed by atoms with van der Waals surface area (Å²) in [5, 5.41) is 3.47. The summed E-state index contributed by atoms with van der Waals surface area (Å²) in [6.07, 6.45) is 1.38. The predicted molar refractivity (Wildman–Crippen MR) is 40.1 cm³/mol. The molecule has 2 unspecified atom stereocenters. The number of piperazine rings is 1. The molecule has 2 aliphatic heterocycles. The molecule has 2 rings (SSSR count). The van der Waals surface area contributed by atoms with Crippen LogP contribution in [-0.4, -0.2) is 37.1 Å². The van der Waals surface area contributed by atoms with E-state index in [4.69, 9.17) is 0 Å². The van der Waals surface area contributed by atoms with Gasteiger partial charge in [-0.3, -0.25) is 0 Å². The van der Waals surface area contributed by atoms with Crippen molar-refractivity contribution in [3.8, 4) is 0 Å². The van der Waals surface area contributed by atoms with E-state index in [2.05, 4.69) is 10.2 Å². The Labute approximate surface area is 62.0 Å². The van der Waals surface area contributed by atoms with Crippen LogP contribution in [0.3, 0.4) is 0 Å². The lowest BCUT2D eigenvalue weighted by molar-refractivity contribution is 0.289. The molecular weight excluding hydrogens is 136 g/mol. The van der Waals surface area contributed by atoms with Crippen LogP contribution in [0.25, 0.3) is 0 Å². The molecule has 0 aromatic heterocycles. The minimum Gasteiger partial charge on any atom is -0.311 e. The summed E-state index contributed by atoms with van der Waals surface area (Å²) in [4.78, 5) is 2.53. The van der Waals surface area contributed by atoms with Crippen LogP contribution in [0.1, 0.15) is 6.42 Å². The number of hydrogen-bond donors (Lipinski definition) is 1. The fourth-order valence-electron chi connectivity index (χ4n) is 1.63. The van der Waals surface area contributed by atoms with Crippen LogP contribution in [0.2, 0.25) is 0 Å². The van der Waals surface area contributed by atoms with Crippen LogP contribution in [0, 0.1) is 0 Å². The molecule has 0 aromatic carbocycles. The van der Waals surface area contributed by atoms with E-state index < -0.39 is 0 Å². The quantitative estimate of drug-likeness (QED) is 0.524. The van der Waals surface area contributed by atoms with E-state index in [1.807, 2.05) is 0 Å². The second-order valence-electron chi connectivity index (χ2n) is 2.74. The first kappa shape index (κ1) is 7.32. The number of nitrogens with zero attached hydrogens (tertiary/aromatic N) is 1. The Kier molecular flexibility index (Phi) is 2.33. The molecule has 9 heavy (non-hydrogen) atoms. The lowest BCUT2D eigenvalue weighted by Gasteiger charge is -2.22. The molecule has 0 saturated carbocycles. The minimum absolute atomic E-state index is 0. The van der Waals surface area contributed by atoms with Gasteiger partial charge in [0, 0.05) is 25.7 Å². The Hall–Kier alpha value is 0.210. The fourth-order valence-corrected chi connectivity index (χ4v) is 1.63. The first-order valence-corrected chi connectivity index (χ1v) is 3.41. The van der Waals surface area contributed by atoms with Crippen LogP contribution in [0.5, 0.6) is 0 Å². The van der Waals surface area contributed by atoms with Crippen molar-refractivity contribution in [3.63, 3.8) is 0 Å². The van der Waals surface area contributed by atoms with Gasteiger partial charge in [0.05, 0.1) is 0 Å². The van der Waals surface area contributed by atoms with Crippen molar-refractivity contribution in [1.82, 2.24) is 10.2 Å². The second-order valence-corrected chi connectivity index (χ2v) is 2.74. The average molecular weight is 149 g/mol. The van der Waals surface area contributed by atoms with Crippen LogP contribution in [0.15, 0.2) is 0 Å². The summed E-state index contributed by atoms with van der Waals surface area (Å²) in [5.74, 6) is 0. The number of rotatable bonds is 0. The lowest BCUT2D eigenvalue weighted by atomic mass is 10.2. The summed E-state index contributed by atoms with van der Waals surface area (Å²) in [5.41, 5.74) is 0. The molecule has 2 heterocycles. The smallest absolute Gasteiger partial charge is 0.0207 e. The van der Waals surface area contributed by atoms with Crippen molar-refractivity contribution in [2.75, 3.05) is 26.2 Å². The molecule has 54 valence electrons. The summed E-state index contributed by atoms with van der Waals surface area (Å²) in [7, 11) is 0. The highest BCUT2D eigenvalue weighted by Gasteiger charge is 2.24. The van der Waals surface area contributed by atoms with Gasteiger partial charge in [-0.25, -0.2) is 0 Å². The Morgan fingerprint density at radius 2 is 2.22 bits per heavy atom. The SMILES string of the molecule is C1CN2CCC(C2)N1.Cl. The van der Waals surface area contributed by atoms with Gasteiger partial charge >= 0.3 is 0 Å². The first-order chi connectivity index (χ1) is 3.95. The van der Waals surface area contributed by atoms with Gasteiger partial charge in [0.25, 0.3) is 0 Å². The third-order valence-electron chi connectivity index (χ3n) is 2.13. The monoisotopic (exact) mass is 148 g/mol. The molecule has 2 aliphatic rings. The summed E-state index contributed by atoms with van der Waals surface area (Å²) >= 11 is 0. The molecule has 2 bridgehead atoms. The van der Waals surface area contributed by atoms with E-state index in [9.17, 15) is 0 Å². The fraction of sp³-hybridized carbons (Fsp3) is 1.00. The zero-order valence-electron chi connectivity index (χ0n) is 5.47. The number of hydrogen-bond acceptors (Lipinski definition) is 2. The Balaban J connectivity index is 0.000000405. The maximum absolute atomic E-state index is 3.47. The van der Waals surface area contributed by atoms with Crippen molar-refractivity contribution < 1.29 is 0 Å². The second kappa shape index (κ2) is 2.86. The molecule has 2 saturated heterocycles. The number of halogens is 1. The van der Waals surface area contributed by atoms with Crippen molar-refractivity contribution in [2.45, 2.75) is 12.5 Å². The van der Waals surface area contributed by atoms with E-state index in [1.165, 1.54) is 32.6 Å². The van der Waals surface area contributed by atoms with Crippen molar-refractivity contribution >= 4 is 12.4 Å². The van der Waals surface area contributed by atoms with Crippen LogP contribution in [0.4, 0.5) is 0 Å². The third-order valence-corrected chi connectivity index (χ3v) is 2.13. The molecule has 2 atom stereocenters. The molecule has 2 nitrogen and oxygen atoms in total. The molecule has 0 amide bonds. The maximum atomic E-state index is 3.47. The highest BCUT2D eigenvalue weighted by Crippen LogP contribution is 2.10. The first-order valence-electron chi connectivity index (χ1n) is 3.41. The van der Waals surface area contributed by atoms with Gasteiger partial charge in [0.1, 0.15) is 0 Å². The van der Waals surface area contributed by atoms with Gasteiger partial charge in [-0.2, -0.15) is 0 Å². The van der Waals surface area contributed by atoms with Crippen LogP contribution >= 0.6 is 12.4 Å². The lowest BCUT2D eigenvalue weighted by Crippen LogP contribution is -2.42. The van der Waals surface area contributed by atoms with E-state index >= 15 is 0 Å². The van der Waals surface area contributed by atoms with Crippen LogP contribution in [-0.2, 0) is 0 Å². The Morgan fingerprint density at radius 1 is 1.33 bits per heavy atom. The summed E-state index contributed by atoms with van der Waals surface area (Å²) in [6.45, 7) is 5.12. The van der Waals surface area contributed by atoms with Gasteiger partial charge in [0.2, 0.25) is 0 Å². The van der Waals surface area contributed by atoms with E-state index in [-0.39, 0.29) is 12.4 Å². The molecular formula is C6H13ClN2. The normalized spacial score (nSPS) is 40.0. The Morgan fingerprint density at radius 3 is 2.89 bits per heavy atom. The largest absolute Gasteiger partial charge is 0.311 e. The van der Waals surface area contributed by atoms with Crippen molar-refractivity contribution in [3.05, 3.63) is 0 Å².